The van der Waals surface area contributed by atoms with E-state index in [1.807, 2.05) is 24.3 Å². The van der Waals surface area contributed by atoms with Gasteiger partial charge >= 0.3 is 0 Å². The summed E-state index contributed by atoms with van der Waals surface area (Å²) >= 11 is 0. The Kier molecular flexibility index (Phi) is 8.42. The van der Waals surface area contributed by atoms with Crippen LogP contribution in [0.4, 0.5) is 0 Å². The summed E-state index contributed by atoms with van der Waals surface area (Å²) in [5.74, 6) is 1.76. The fourth-order valence-electron chi connectivity index (χ4n) is 9.16. The van der Waals surface area contributed by atoms with Gasteiger partial charge in [-0.05, 0) is 63.7 Å². The standard InChI is InChI=1S/C57H37N5/c1-5-19-38(20-6-1)42-35-43(39-21-7-2-8-22-39)37-44(36-42)61-51-31-17-15-28-46(51)48-33-34-49-47-29-16-18-32-52(47)62(54(49)53(48)61)57-59-55(41-25-11-4-12-26-41)58-56(60-57)50-30-14-13-27-45(50)40-23-9-3-10-24-40/h1-37H. The summed E-state index contributed by atoms with van der Waals surface area (Å²) in [6.07, 6.45) is 0. The van der Waals surface area contributed by atoms with Crippen LogP contribution in [0, 0.1) is 0 Å². The van der Waals surface area contributed by atoms with Crippen molar-refractivity contribution in [1.29, 1.82) is 0 Å². The van der Waals surface area contributed by atoms with Crippen molar-refractivity contribution < 1.29 is 0 Å². The SMILES string of the molecule is c1ccc(-c2cc(-c3ccccc3)cc(-n3c4ccccc4c4ccc5c6ccccc6n(-c6nc(-c7ccccc7)nc(-c7ccccc7-c7ccccc7)n6)c5c43)c2)cc1. The summed E-state index contributed by atoms with van der Waals surface area (Å²) in [6, 6.07) is 79.3. The monoisotopic (exact) mass is 791 g/mol. The maximum atomic E-state index is 5.46. The van der Waals surface area contributed by atoms with E-state index in [1.54, 1.807) is 0 Å². The molecule has 62 heavy (non-hydrogen) atoms. The number of nitrogens with zero attached hydrogens (tertiary/aromatic N) is 5. The van der Waals surface area contributed by atoms with Gasteiger partial charge in [0.1, 0.15) is 0 Å². The van der Waals surface area contributed by atoms with Crippen LogP contribution < -0.4 is 0 Å². The fourth-order valence-corrected chi connectivity index (χ4v) is 9.16. The average molecular weight is 792 g/mol. The van der Waals surface area contributed by atoms with E-state index in [1.165, 1.54) is 5.39 Å². The van der Waals surface area contributed by atoms with Crippen molar-refractivity contribution in [2.45, 2.75) is 0 Å². The van der Waals surface area contributed by atoms with Gasteiger partial charge in [0.25, 0.3) is 0 Å². The Morgan fingerprint density at radius 3 is 1.29 bits per heavy atom. The van der Waals surface area contributed by atoms with Gasteiger partial charge in [-0.25, -0.2) is 4.98 Å². The van der Waals surface area contributed by atoms with E-state index in [2.05, 4.69) is 209 Å². The molecule has 5 nitrogen and oxygen atoms in total. The summed E-state index contributed by atoms with van der Waals surface area (Å²) in [5, 5.41) is 4.56. The number of fused-ring (bicyclic) bond motifs is 7. The molecule has 12 rings (SSSR count). The third kappa shape index (κ3) is 5.90. The molecule has 9 aromatic carbocycles. The highest BCUT2D eigenvalue weighted by Gasteiger charge is 2.24. The van der Waals surface area contributed by atoms with Crippen LogP contribution in [0.3, 0.4) is 0 Å². The van der Waals surface area contributed by atoms with E-state index < -0.39 is 0 Å². The maximum Gasteiger partial charge on any atom is 0.238 e. The number of hydrogen-bond acceptors (Lipinski definition) is 3. The highest BCUT2D eigenvalue weighted by atomic mass is 15.2. The molecule has 0 radical (unpaired) electrons. The Hall–Kier alpha value is -8.41. The molecular formula is C57H37N5. The predicted octanol–water partition coefficient (Wildman–Crippen LogP) is 14.4. The van der Waals surface area contributed by atoms with Crippen LogP contribution in [-0.4, -0.2) is 24.1 Å². The first-order valence-corrected chi connectivity index (χ1v) is 21.0. The Labute approximate surface area is 358 Å². The van der Waals surface area contributed by atoms with Crippen molar-refractivity contribution in [3.8, 4) is 67.8 Å². The number of benzene rings is 9. The molecule has 3 aromatic heterocycles. The van der Waals surface area contributed by atoms with Crippen LogP contribution in [0.2, 0.25) is 0 Å². The van der Waals surface area contributed by atoms with Gasteiger partial charge in [0.2, 0.25) is 5.95 Å². The largest absolute Gasteiger partial charge is 0.307 e. The predicted molar refractivity (Wildman–Crippen MR) is 256 cm³/mol. The number of rotatable bonds is 7. The normalized spacial score (nSPS) is 11.5. The minimum absolute atomic E-state index is 0.551. The lowest BCUT2D eigenvalue weighted by atomic mass is 9.98. The van der Waals surface area contributed by atoms with Crippen LogP contribution >= 0.6 is 0 Å². The first kappa shape index (κ1) is 35.5. The third-order valence-electron chi connectivity index (χ3n) is 12.0. The lowest BCUT2D eigenvalue weighted by Crippen LogP contribution is -2.07. The van der Waals surface area contributed by atoms with E-state index in [-0.39, 0.29) is 0 Å². The Morgan fingerprint density at radius 2 is 0.710 bits per heavy atom. The molecule has 5 heteroatoms. The number of aromatic nitrogens is 5. The quantitative estimate of drug-likeness (QED) is 0.162. The van der Waals surface area contributed by atoms with Gasteiger partial charge < -0.3 is 4.57 Å². The van der Waals surface area contributed by atoms with Gasteiger partial charge in [-0.2, -0.15) is 9.97 Å². The van der Waals surface area contributed by atoms with Crippen LogP contribution in [0.1, 0.15) is 0 Å². The van der Waals surface area contributed by atoms with E-state index in [9.17, 15) is 0 Å². The molecule has 0 aliphatic carbocycles. The zero-order valence-electron chi connectivity index (χ0n) is 33.6. The molecule has 12 aromatic rings. The summed E-state index contributed by atoms with van der Waals surface area (Å²) in [7, 11) is 0. The van der Waals surface area contributed by atoms with E-state index in [0.717, 1.165) is 88.4 Å². The summed E-state index contributed by atoms with van der Waals surface area (Å²) in [5.41, 5.74) is 13.9. The summed E-state index contributed by atoms with van der Waals surface area (Å²) < 4.78 is 4.72. The maximum absolute atomic E-state index is 5.46. The van der Waals surface area contributed by atoms with Gasteiger partial charge in [0.05, 0.1) is 22.1 Å². The van der Waals surface area contributed by atoms with Crippen LogP contribution in [0.5, 0.6) is 0 Å². The van der Waals surface area contributed by atoms with Crippen LogP contribution in [0.25, 0.3) is 111 Å². The van der Waals surface area contributed by atoms with Crippen molar-refractivity contribution in [1.82, 2.24) is 24.1 Å². The Bertz CT molecular complexity index is 3550. The molecule has 0 unspecified atom stereocenters. The molecule has 0 bridgehead atoms. The van der Waals surface area contributed by atoms with Gasteiger partial charge in [-0.15, -0.1) is 0 Å². The molecule has 290 valence electrons. The van der Waals surface area contributed by atoms with Crippen LogP contribution in [-0.2, 0) is 0 Å². The second kappa shape index (κ2) is 14.7. The number of para-hydroxylation sites is 2. The molecule has 0 saturated heterocycles. The molecule has 0 amide bonds. The van der Waals surface area contributed by atoms with Gasteiger partial charge in [-0.3, -0.25) is 4.57 Å². The summed E-state index contributed by atoms with van der Waals surface area (Å²) in [6.45, 7) is 0. The Balaban J connectivity index is 1.21. The first-order valence-electron chi connectivity index (χ1n) is 21.0. The molecule has 0 fully saturated rings. The summed E-state index contributed by atoms with van der Waals surface area (Å²) in [4.78, 5) is 16.1. The van der Waals surface area contributed by atoms with E-state index in [4.69, 9.17) is 15.0 Å². The first-order chi connectivity index (χ1) is 30.8. The Morgan fingerprint density at radius 1 is 0.274 bits per heavy atom. The molecule has 3 heterocycles. The van der Waals surface area contributed by atoms with Crippen molar-refractivity contribution in [2.75, 3.05) is 0 Å². The molecule has 0 atom stereocenters. The molecular weight excluding hydrogens is 755 g/mol. The highest BCUT2D eigenvalue weighted by molar-refractivity contribution is 6.23. The van der Waals surface area contributed by atoms with Crippen molar-refractivity contribution in [3.63, 3.8) is 0 Å². The van der Waals surface area contributed by atoms with Gasteiger partial charge in [0, 0.05) is 38.4 Å². The minimum Gasteiger partial charge on any atom is -0.307 e. The second-order valence-corrected chi connectivity index (χ2v) is 15.6. The third-order valence-corrected chi connectivity index (χ3v) is 12.0. The zero-order chi connectivity index (χ0) is 41.0. The topological polar surface area (TPSA) is 48.5 Å². The van der Waals surface area contributed by atoms with E-state index in [0.29, 0.717) is 17.6 Å². The highest BCUT2D eigenvalue weighted by Crippen LogP contribution is 2.43. The zero-order valence-corrected chi connectivity index (χ0v) is 33.6. The number of hydrogen-bond donors (Lipinski definition) is 0. The molecule has 0 aliphatic heterocycles. The van der Waals surface area contributed by atoms with Crippen molar-refractivity contribution in [3.05, 3.63) is 224 Å². The second-order valence-electron chi connectivity index (χ2n) is 15.6. The molecule has 0 saturated carbocycles. The van der Waals surface area contributed by atoms with Gasteiger partial charge in [0.15, 0.2) is 11.6 Å². The minimum atomic E-state index is 0.551. The lowest BCUT2D eigenvalue weighted by molar-refractivity contribution is 0.953. The lowest BCUT2D eigenvalue weighted by Gasteiger charge is -2.16. The van der Waals surface area contributed by atoms with Crippen molar-refractivity contribution >= 4 is 43.6 Å². The molecule has 0 aliphatic rings. The molecule has 0 N–H and O–H groups in total. The fraction of sp³-hybridized carbons (Fsp3) is 0. The van der Waals surface area contributed by atoms with Gasteiger partial charge in [-0.1, -0.05) is 194 Å². The van der Waals surface area contributed by atoms with E-state index >= 15 is 0 Å². The van der Waals surface area contributed by atoms with Crippen LogP contribution in [0.15, 0.2) is 224 Å². The smallest absolute Gasteiger partial charge is 0.238 e. The average Bonchev–Trinajstić information content (AvgIpc) is 3.88. The van der Waals surface area contributed by atoms with Crippen molar-refractivity contribution in [2.24, 2.45) is 0 Å². The molecule has 0 spiro atoms.